The van der Waals surface area contributed by atoms with Crippen LogP contribution >= 0.6 is 11.6 Å². The molecule has 6 heteroatoms. The van der Waals surface area contributed by atoms with Gasteiger partial charge in [-0.3, -0.25) is 4.68 Å². The molecular weight excluding hydrogens is 292 g/mol. The molecule has 0 bridgehead atoms. The third kappa shape index (κ3) is 3.86. The first-order valence-electron chi connectivity index (χ1n) is 6.29. The topological polar surface area (TPSA) is 64.3 Å². The monoisotopic (exact) mass is 306 g/mol. The third-order valence-corrected chi connectivity index (χ3v) is 3.16. The molecule has 1 heterocycles. The molecule has 21 heavy (non-hydrogen) atoms. The van der Waals surface area contributed by atoms with E-state index in [0.717, 1.165) is 17.5 Å². The molecule has 0 amide bonds. The number of aryl methyl sites for hydroxylation is 2. The van der Waals surface area contributed by atoms with Crippen LogP contribution in [-0.4, -0.2) is 20.9 Å². The summed E-state index contributed by atoms with van der Waals surface area (Å²) in [4.78, 5) is 10.6. The van der Waals surface area contributed by atoms with Crippen LogP contribution in [0, 0.1) is 6.92 Å². The van der Waals surface area contributed by atoms with Crippen molar-refractivity contribution in [3.05, 3.63) is 52.3 Å². The second kappa shape index (κ2) is 6.45. The molecule has 110 valence electrons. The van der Waals surface area contributed by atoms with E-state index in [1.807, 2.05) is 20.0 Å². The molecular formula is C15H15ClN2O3. The minimum Gasteiger partial charge on any atom is -0.485 e. The number of carbonyl (C=O) groups is 1. The maximum absolute atomic E-state index is 10.6. The molecule has 0 aliphatic rings. The zero-order valence-electron chi connectivity index (χ0n) is 11.7. The standard InChI is InChI=1S/C15H15ClN2O3/c1-10-8-12(18(2)17-10)9-21-15-11(6-7-14(19)20)4-3-5-13(15)16/h3-8H,9H2,1-2H3,(H,19,20)/b7-6+. The zero-order valence-corrected chi connectivity index (χ0v) is 12.5. The van der Waals surface area contributed by atoms with Crippen molar-refractivity contribution in [3.63, 3.8) is 0 Å². The first-order valence-corrected chi connectivity index (χ1v) is 6.67. The number of halogens is 1. The molecule has 1 aromatic heterocycles. The van der Waals surface area contributed by atoms with Gasteiger partial charge in [0, 0.05) is 18.7 Å². The highest BCUT2D eigenvalue weighted by Crippen LogP contribution is 2.30. The Kier molecular flexibility index (Phi) is 4.65. The van der Waals surface area contributed by atoms with Crippen molar-refractivity contribution in [1.29, 1.82) is 0 Å². The molecule has 5 nitrogen and oxygen atoms in total. The molecule has 0 aliphatic heterocycles. The highest BCUT2D eigenvalue weighted by molar-refractivity contribution is 6.32. The largest absolute Gasteiger partial charge is 0.485 e. The summed E-state index contributed by atoms with van der Waals surface area (Å²) in [5, 5.41) is 13.4. The summed E-state index contributed by atoms with van der Waals surface area (Å²) < 4.78 is 7.48. The molecule has 1 N–H and O–H groups in total. The van der Waals surface area contributed by atoms with E-state index >= 15 is 0 Å². The fourth-order valence-electron chi connectivity index (χ4n) is 1.92. The van der Waals surface area contributed by atoms with E-state index in [1.54, 1.807) is 22.9 Å². The minimum atomic E-state index is -1.02. The van der Waals surface area contributed by atoms with Crippen molar-refractivity contribution in [2.75, 3.05) is 0 Å². The van der Waals surface area contributed by atoms with Crippen LogP contribution in [0.1, 0.15) is 17.0 Å². The summed E-state index contributed by atoms with van der Waals surface area (Å²) in [6, 6.07) is 7.10. The number of aromatic nitrogens is 2. The molecule has 0 saturated heterocycles. The van der Waals surface area contributed by atoms with Gasteiger partial charge in [0.25, 0.3) is 0 Å². The van der Waals surface area contributed by atoms with E-state index in [1.165, 1.54) is 6.08 Å². The molecule has 0 spiro atoms. The van der Waals surface area contributed by atoms with E-state index in [4.69, 9.17) is 21.4 Å². The van der Waals surface area contributed by atoms with Crippen LogP contribution in [0.5, 0.6) is 5.75 Å². The van der Waals surface area contributed by atoms with Crippen LogP contribution in [0.15, 0.2) is 30.3 Å². The number of hydrogen-bond acceptors (Lipinski definition) is 3. The number of carboxylic acid groups (broad SMARTS) is 1. The van der Waals surface area contributed by atoms with Crippen LogP contribution in [0.3, 0.4) is 0 Å². The van der Waals surface area contributed by atoms with Gasteiger partial charge < -0.3 is 9.84 Å². The second-order valence-electron chi connectivity index (χ2n) is 4.52. The SMILES string of the molecule is Cc1cc(COc2c(Cl)cccc2/C=C/C(=O)O)n(C)n1. The Morgan fingerprint density at radius 3 is 2.90 bits per heavy atom. The fourth-order valence-corrected chi connectivity index (χ4v) is 2.15. The molecule has 2 aromatic rings. The summed E-state index contributed by atoms with van der Waals surface area (Å²) in [7, 11) is 1.84. The lowest BCUT2D eigenvalue weighted by molar-refractivity contribution is -0.131. The van der Waals surface area contributed by atoms with Crippen molar-refractivity contribution >= 4 is 23.6 Å². The highest BCUT2D eigenvalue weighted by Gasteiger charge is 2.09. The Morgan fingerprint density at radius 2 is 2.29 bits per heavy atom. The smallest absolute Gasteiger partial charge is 0.328 e. The lowest BCUT2D eigenvalue weighted by atomic mass is 10.2. The van der Waals surface area contributed by atoms with Crippen molar-refractivity contribution in [3.8, 4) is 5.75 Å². The van der Waals surface area contributed by atoms with Gasteiger partial charge in [0.15, 0.2) is 0 Å². The molecule has 0 atom stereocenters. The molecule has 0 fully saturated rings. The predicted molar refractivity (Wildman–Crippen MR) is 80.4 cm³/mol. The number of para-hydroxylation sites is 1. The Hall–Kier alpha value is -2.27. The van der Waals surface area contributed by atoms with Crippen molar-refractivity contribution < 1.29 is 14.6 Å². The molecule has 0 unspecified atom stereocenters. The lowest BCUT2D eigenvalue weighted by Crippen LogP contribution is -2.04. The van der Waals surface area contributed by atoms with E-state index < -0.39 is 5.97 Å². The van der Waals surface area contributed by atoms with Gasteiger partial charge in [0.2, 0.25) is 0 Å². The Balaban J connectivity index is 2.22. The Labute approximate surface area is 127 Å². The van der Waals surface area contributed by atoms with Crippen molar-refractivity contribution in [2.45, 2.75) is 13.5 Å². The van der Waals surface area contributed by atoms with Gasteiger partial charge in [-0.15, -0.1) is 0 Å². The summed E-state index contributed by atoms with van der Waals surface area (Å²) in [6.07, 6.45) is 2.50. The Bertz CT molecular complexity index is 692. The summed E-state index contributed by atoms with van der Waals surface area (Å²) in [5.74, 6) is -0.571. The summed E-state index contributed by atoms with van der Waals surface area (Å²) in [5.41, 5.74) is 2.42. The maximum atomic E-state index is 10.6. The zero-order chi connectivity index (χ0) is 15.4. The van der Waals surface area contributed by atoms with Crippen molar-refractivity contribution in [2.24, 2.45) is 7.05 Å². The number of aliphatic carboxylic acids is 1. The van der Waals surface area contributed by atoms with Gasteiger partial charge in [0.1, 0.15) is 12.4 Å². The minimum absolute atomic E-state index is 0.301. The van der Waals surface area contributed by atoms with Crippen LogP contribution in [0.2, 0.25) is 5.02 Å². The van der Waals surface area contributed by atoms with E-state index in [0.29, 0.717) is 22.9 Å². The number of carboxylic acids is 1. The first kappa shape index (κ1) is 15.1. The molecule has 0 saturated carbocycles. The van der Waals surface area contributed by atoms with E-state index in [2.05, 4.69) is 5.10 Å². The molecule has 0 aliphatic carbocycles. The quantitative estimate of drug-likeness (QED) is 0.862. The van der Waals surface area contributed by atoms with Gasteiger partial charge in [-0.1, -0.05) is 23.7 Å². The van der Waals surface area contributed by atoms with Gasteiger partial charge in [0.05, 0.1) is 16.4 Å². The average molecular weight is 307 g/mol. The number of benzene rings is 1. The highest BCUT2D eigenvalue weighted by atomic mass is 35.5. The van der Waals surface area contributed by atoms with Gasteiger partial charge in [-0.05, 0) is 25.1 Å². The number of ether oxygens (including phenoxy) is 1. The number of hydrogen-bond donors (Lipinski definition) is 1. The van der Waals surface area contributed by atoms with Crippen molar-refractivity contribution in [1.82, 2.24) is 9.78 Å². The third-order valence-electron chi connectivity index (χ3n) is 2.87. The second-order valence-corrected chi connectivity index (χ2v) is 4.93. The van der Waals surface area contributed by atoms with Gasteiger partial charge in [-0.25, -0.2) is 4.79 Å². The van der Waals surface area contributed by atoms with Gasteiger partial charge >= 0.3 is 5.97 Å². The van der Waals surface area contributed by atoms with Crippen LogP contribution in [-0.2, 0) is 18.4 Å². The predicted octanol–water partition coefficient (Wildman–Crippen LogP) is 3.06. The maximum Gasteiger partial charge on any atom is 0.328 e. The average Bonchev–Trinajstić information content (AvgIpc) is 2.73. The Morgan fingerprint density at radius 1 is 1.52 bits per heavy atom. The molecule has 0 radical (unpaired) electrons. The van der Waals surface area contributed by atoms with Gasteiger partial charge in [-0.2, -0.15) is 5.10 Å². The fraction of sp³-hybridized carbons (Fsp3) is 0.200. The summed E-state index contributed by atoms with van der Waals surface area (Å²) in [6.45, 7) is 2.20. The summed E-state index contributed by atoms with van der Waals surface area (Å²) >= 11 is 6.13. The normalized spacial score (nSPS) is 11.0. The lowest BCUT2D eigenvalue weighted by Gasteiger charge is -2.11. The first-order chi connectivity index (χ1) is 9.97. The van der Waals surface area contributed by atoms with Crippen LogP contribution in [0.25, 0.3) is 6.08 Å². The van der Waals surface area contributed by atoms with Crippen LogP contribution < -0.4 is 4.74 Å². The van der Waals surface area contributed by atoms with Crippen LogP contribution in [0.4, 0.5) is 0 Å². The number of rotatable bonds is 5. The van der Waals surface area contributed by atoms with E-state index in [9.17, 15) is 4.79 Å². The number of nitrogens with zero attached hydrogens (tertiary/aromatic N) is 2. The van der Waals surface area contributed by atoms with E-state index in [-0.39, 0.29) is 0 Å². The molecule has 1 aromatic carbocycles. The molecule has 2 rings (SSSR count).